The highest BCUT2D eigenvalue weighted by Crippen LogP contribution is 2.24. The molecule has 0 saturated heterocycles. The zero-order chi connectivity index (χ0) is 14.5. The van der Waals surface area contributed by atoms with E-state index >= 15 is 0 Å². The summed E-state index contributed by atoms with van der Waals surface area (Å²) in [4.78, 5) is 10.3. The summed E-state index contributed by atoms with van der Waals surface area (Å²) >= 11 is 0. The minimum absolute atomic E-state index is 0.0189. The zero-order valence-electron chi connectivity index (χ0n) is 11.5. The summed E-state index contributed by atoms with van der Waals surface area (Å²) in [5, 5.41) is 10.7. The Morgan fingerprint density at radius 3 is 2.68 bits per heavy atom. The molecule has 0 saturated carbocycles. The summed E-state index contributed by atoms with van der Waals surface area (Å²) in [6.07, 6.45) is 0.791. The summed E-state index contributed by atoms with van der Waals surface area (Å²) < 4.78 is 10.7. The van der Waals surface area contributed by atoms with E-state index in [0.29, 0.717) is 17.9 Å². The van der Waals surface area contributed by atoms with Crippen LogP contribution in [0.3, 0.4) is 0 Å². The van der Waals surface area contributed by atoms with Crippen LogP contribution in [-0.4, -0.2) is 24.2 Å². The van der Waals surface area contributed by atoms with Crippen LogP contribution in [0.5, 0.6) is 5.75 Å². The van der Waals surface area contributed by atoms with E-state index in [1.807, 2.05) is 13.8 Å². The van der Waals surface area contributed by atoms with Gasteiger partial charge in [-0.2, -0.15) is 0 Å². The van der Waals surface area contributed by atoms with Crippen LogP contribution in [-0.2, 0) is 11.3 Å². The van der Waals surface area contributed by atoms with E-state index in [-0.39, 0.29) is 12.3 Å². The first kappa shape index (κ1) is 15.4. The van der Waals surface area contributed by atoms with E-state index in [1.54, 1.807) is 6.07 Å². The molecule has 19 heavy (non-hydrogen) atoms. The van der Waals surface area contributed by atoms with Crippen molar-refractivity contribution in [2.24, 2.45) is 5.73 Å². The van der Waals surface area contributed by atoms with Gasteiger partial charge in [-0.25, -0.2) is 0 Å². The lowest BCUT2D eigenvalue weighted by Crippen LogP contribution is -2.40. The van der Waals surface area contributed by atoms with Crippen molar-refractivity contribution in [2.45, 2.75) is 32.4 Å². The Labute approximate surface area is 112 Å². The molecule has 0 aromatic heterocycles. The van der Waals surface area contributed by atoms with Crippen molar-refractivity contribution < 1.29 is 14.4 Å². The third kappa shape index (κ3) is 4.50. The van der Waals surface area contributed by atoms with Gasteiger partial charge in [0.1, 0.15) is 5.75 Å². The largest absolute Gasteiger partial charge is 0.496 e. The van der Waals surface area contributed by atoms with Crippen LogP contribution in [0.25, 0.3) is 0 Å². The Kier molecular flexibility index (Phi) is 5.26. The maximum Gasteiger partial charge on any atom is 0.270 e. The van der Waals surface area contributed by atoms with Gasteiger partial charge in [-0.05, 0) is 19.4 Å². The number of rotatable bonds is 7. The quantitative estimate of drug-likeness (QED) is 0.605. The van der Waals surface area contributed by atoms with Gasteiger partial charge in [0.25, 0.3) is 5.69 Å². The standard InChI is InChI=1S/C13H20N2O4/c1-4-13(2,14)9-19-8-10-7-11(15(16)17)5-6-12(10)18-3/h5-7H,4,8-9,14H2,1-3H3. The molecule has 0 fully saturated rings. The fourth-order valence-corrected chi connectivity index (χ4v) is 1.49. The van der Waals surface area contributed by atoms with Crippen LogP contribution in [0.4, 0.5) is 5.69 Å². The Hall–Kier alpha value is -1.66. The van der Waals surface area contributed by atoms with Crippen LogP contribution in [0.2, 0.25) is 0 Å². The zero-order valence-corrected chi connectivity index (χ0v) is 11.5. The average molecular weight is 268 g/mol. The predicted octanol–water partition coefficient (Wildman–Crippen LogP) is 2.25. The molecule has 1 aromatic carbocycles. The van der Waals surface area contributed by atoms with E-state index < -0.39 is 10.5 Å². The average Bonchev–Trinajstić information content (AvgIpc) is 2.38. The first-order valence-electron chi connectivity index (χ1n) is 6.07. The first-order valence-corrected chi connectivity index (χ1v) is 6.07. The summed E-state index contributed by atoms with van der Waals surface area (Å²) in [6, 6.07) is 4.43. The number of nitro groups is 1. The highest BCUT2D eigenvalue weighted by molar-refractivity contribution is 5.43. The molecule has 0 amide bonds. The number of hydrogen-bond acceptors (Lipinski definition) is 5. The normalized spacial score (nSPS) is 13.9. The van der Waals surface area contributed by atoms with Crippen molar-refractivity contribution in [1.82, 2.24) is 0 Å². The molecule has 106 valence electrons. The molecule has 6 nitrogen and oxygen atoms in total. The molecular formula is C13H20N2O4. The molecule has 1 atom stereocenters. The Morgan fingerprint density at radius 2 is 2.16 bits per heavy atom. The lowest BCUT2D eigenvalue weighted by atomic mass is 10.0. The van der Waals surface area contributed by atoms with Gasteiger partial charge in [-0.1, -0.05) is 6.92 Å². The van der Waals surface area contributed by atoms with E-state index in [1.165, 1.54) is 19.2 Å². The van der Waals surface area contributed by atoms with E-state index in [2.05, 4.69) is 0 Å². The number of nitro benzene ring substituents is 1. The number of benzene rings is 1. The van der Waals surface area contributed by atoms with Gasteiger partial charge >= 0.3 is 0 Å². The van der Waals surface area contributed by atoms with Gasteiger partial charge in [0, 0.05) is 23.2 Å². The first-order chi connectivity index (χ1) is 8.89. The SMILES string of the molecule is CCC(C)(N)COCc1cc([N+](=O)[O-])ccc1OC. The van der Waals surface area contributed by atoms with Gasteiger partial charge in [0.05, 0.1) is 25.2 Å². The Balaban J connectivity index is 2.75. The lowest BCUT2D eigenvalue weighted by molar-refractivity contribution is -0.385. The maximum absolute atomic E-state index is 10.7. The Bertz CT molecular complexity index is 446. The summed E-state index contributed by atoms with van der Waals surface area (Å²) in [5.41, 5.74) is 6.23. The van der Waals surface area contributed by atoms with Crippen molar-refractivity contribution >= 4 is 5.69 Å². The summed E-state index contributed by atoms with van der Waals surface area (Å²) in [5.74, 6) is 0.570. The third-order valence-corrected chi connectivity index (χ3v) is 2.97. The van der Waals surface area contributed by atoms with Gasteiger partial charge in [0.15, 0.2) is 0 Å². The number of methoxy groups -OCH3 is 1. The van der Waals surface area contributed by atoms with Gasteiger partial charge in [-0.15, -0.1) is 0 Å². The summed E-state index contributed by atoms with van der Waals surface area (Å²) in [6.45, 7) is 4.50. The van der Waals surface area contributed by atoms with Crippen molar-refractivity contribution in [3.63, 3.8) is 0 Å². The molecule has 0 radical (unpaired) electrons. The minimum Gasteiger partial charge on any atom is -0.496 e. The van der Waals surface area contributed by atoms with Crippen LogP contribution in [0.15, 0.2) is 18.2 Å². The highest BCUT2D eigenvalue weighted by atomic mass is 16.6. The molecule has 2 N–H and O–H groups in total. The number of nitrogens with two attached hydrogens (primary N) is 1. The third-order valence-electron chi connectivity index (χ3n) is 2.97. The van der Waals surface area contributed by atoms with E-state index in [9.17, 15) is 10.1 Å². The highest BCUT2D eigenvalue weighted by Gasteiger charge is 2.17. The maximum atomic E-state index is 10.7. The summed E-state index contributed by atoms with van der Waals surface area (Å²) in [7, 11) is 1.52. The van der Waals surface area contributed by atoms with E-state index in [0.717, 1.165) is 6.42 Å². The number of ether oxygens (including phenoxy) is 2. The van der Waals surface area contributed by atoms with Crippen molar-refractivity contribution in [1.29, 1.82) is 0 Å². The van der Waals surface area contributed by atoms with Crippen LogP contribution in [0.1, 0.15) is 25.8 Å². The molecule has 6 heteroatoms. The second-order valence-corrected chi connectivity index (χ2v) is 4.75. The molecule has 1 aromatic rings. The lowest BCUT2D eigenvalue weighted by Gasteiger charge is -2.22. The second-order valence-electron chi connectivity index (χ2n) is 4.75. The van der Waals surface area contributed by atoms with E-state index in [4.69, 9.17) is 15.2 Å². The Morgan fingerprint density at radius 1 is 1.47 bits per heavy atom. The molecule has 1 rings (SSSR count). The molecule has 0 bridgehead atoms. The van der Waals surface area contributed by atoms with Gasteiger partial charge in [0.2, 0.25) is 0 Å². The second kappa shape index (κ2) is 6.49. The molecule has 0 spiro atoms. The van der Waals surface area contributed by atoms with Gasteiger partial charge in [-0.3, -0.25) is 10.1 Å². The smallest absolute Gasteiger partial charge is 0.270 e. The molecular weight excluding hydrogens is 248 g/mol. The molecule has 0 heterocycles. The number of hydrogen-bond donors (Lipinski definition) is 1. The van der Waals surface area contributed by atoms with Crippen molar-refractivity contribution in [3.8, 4) is 5.75 Å². The van der Waals surface area contributed by atoms with Crippen LogP contribution < -0.4 is 10.5 Å². The fraction of sp³-hybridized carbons (Fsp3) is 0.538. The monoisotopic (exact) mass is 268 g/mol. The molecule has 0 aliphatic carbocycles. The molecule has 0 aliphatic heterocycles. The molecule has 1 unspecified atom stereocenters. The number of non-ortho nitro benzene ring substituents is 1. The van der Waals surface area contributed by atoms with Crippen molar-refractivity contribution in [2.75, 3.05) is 13.7 Å². The predicted molar refractivity (Wildman–Crippen MR) is 72.2 cm³/mol. The van der Waals surface area contributed by atoms with Crippen LogP contribution in [0, 0.1) is 10.1 Å². The topological polar surface area (TPSA) is 87.6 Å². The van der Waals surface area contributed by atoms with Gasteiger partial charge < -0.3 is 15.2 Å². The van der Waals surface area contributed by atoms with Crippen LogP contribution >= 0.6 is 0 Å². The minimum atomic E-state index is -0.442. The molecule has 0 aliphatic rings. The fourth-order valence-electron chi connectivity index (χ4n) is 1.49. The number of nitrogens with zero attached hydrogens (tertiary/aromatic N) is 1. The van der Waals surface area contributed by atoms with Crippen molar-refractivity contribution in [3.05, 3.63) is 33.9 Å².